The lowest BCUT2D eigenvalue weighted by Crippen LogP contribution is -2.09. The molecule has 0 aliphatic rings. The van der Waals surface area contributed by atoms with Gasteiger partial charge in [-0.2, -0.15) is 0 Å². The molecule has 3 rings (SSSR count). The van der Waals surface area contributed by atoms with E-state index >= 15 is 0 Å². The number of rotatable bonds is 4. The van der Waals surface area contributed by atoms with Gasteiger partial charge in [0.15, 0.2) is 5.58 Å². The first-order chi connectivity index (χ1) is 10.5. The van der Waals surface area contributed by atoms with E-state index in [1.54, 1.807) is 0 Å². The van der Waals surface area contributed by atoms with E-state index in [0.29, 0.717) is 17.5 Å². The second-order valence-corrected chi connectivity index (χ2v) is 6.54. The van der Waals surface area contributed by atoms with Gasteiger partial charge in [0.05, 0.1) is 11.4 Å². The second kappa shape index (κ2) is 6.01. The number of nitrogens with zero attached hydrogens (tertiary/aromatic N) is 1. The van der Waals surface area contributed by atoms with Gasteiger partial charge in [0, 0.05) is 16.6 Å². The minimum atomic E-state index is 0.563. The lowest BCUT2D eigenvalue weighted by atomic mass is 10.1. The van der Waals surface area contributed by atoms with E-state index in [-0.39, 0.29) is 0 Å². The molecule has 0 unspecified atom stereocenters. The lowest BCUT2D eigenvalue weighted by molar-refractivity contribution is 0.620. The van der Waals surface area contributed by atoms with Crippen LogP contribution in [0.4, 0.5) is 11.4 Å². The monoisotopic (exact) mass is 359 g/mol. The van der Waals surface area contributed by atoms with Crippen molar-refractivity contribution >= 4 is 38.4 Å². The molecule has 4 nitrogen and oxygen atoms in total. The number of halogens is 1. The molecule has 0 bridgehead atoms. The molecule has 5 heteroatoms. The minimum Gasteiger partial charge on any atom is -0.436 e. The van der Waals surface area contributed by atoms with Crippen LogP contribution in [0.5, 0.6) is 0 Å². The van der Waals surface area contributed by atoms with Crippen molar-refractivity contribution in [3.63, 3.8) is 0 Å². The summed E-state index contributed by atoms with van der Waals surface area (Å²) < 4.78 is 6.73. The van der Waals surface area contributed by atoms with E-state index in [1.807, 2.05) is 36.4 Å². The molecule has 0 aliphatic heterocycles. The van der Waals surface area contributed by atoms with E-state index in [4.69, 9.17) is 10.2 Å². The Labute approximate surface area is 137 Å². The van der Waals surface area contributed by atoms with Crippen LogP contribution in [0.2, 0.25) is 0 Å². The molecule has 0 saturated heterocycles. The van der Waals surface area contributed by atoms with E-state index in [2.05, 4.69) is 40.1 Å². The summed E-state index contributed by atoms with van der Waals surface area (Å²) in [7, 11) is 0. The van der Waals surface area contributed by atoms with E-state index in [1.165, 1.54) is 0 Å². The molecule has 22 heavy (non-hydrogen) atoms. The zero-order chi connectivity index (χ0) is 15.7. The molecular formula is C17H18BrN3O. The van der Waals surface area contributed by atoms with Gasteiger partial charge >= 0.3 is 0 Å². The van der Waals surface area contributed by atoms with Gasteiger partial charge in [0.25, 0.3) is 0 Å². The highest BCUT2D eigenvalue weighted by Gasteiger charge is 2.11. The maximum atomic E-state index is 6.13. The van der Waals surface area contributed by atoms with Gasteiger partial charge in [-0.1, -0.05) is 19.9 Å². The predicted molar refractivity (Wildman–Crippen MR) is 94.9 cm³/mol. The molecule has 114 valence electrons. The van der Waals surface area contributed by atoms with Gasteiger partial charge in [-0.05, 0) is 52.2 Å². The van der Waals surface area contributed by atoms with Gasteiger partial charge in [-0.25, -0.2) is 4.98 Å². The first-order valence-corrected chi connectivity index (χ1v) is 8.02. The van der Waals surface area contributed by atoms with Crippen LogP contribution in [0.3, 0.4) is 0 Å². The topological polar surface area (TPSA) is 64.1 Å². The molecule has 0 aliphatic carbocycles. The van der Waals surface area contributed by atoms with Crippen molar-refractivity contribution in [3.05, 3.63) is 40.9 Å². The first kappa shape index (κ1) is 14.9. The average Bonchev–Trinajstić information content (AvgIpc) is 2.91. The molecule has 0 atom stereocenters. The zero-order valence-electron chi connectivity index (χ0n) is 12.6. The number of oxazole rings is 1. The first-order valence-electron chi connectivity index (χ1n) is 7.23. The fourth-order valence-corrected chi connectivity index (χ4v) is 2.65. The highest BCUT2D eigenvalue weighted by molar-refractivity contribution is 9.10. The molecule has 1 aromatic heterocycles. The molecule has 0 amide bonds. The summed E-state index contributed by atoms with van der Waals surface area (Å²) in [6, 6.07) is 11.6. The van der Waals surface area contributed by atoms with Crippen LogP contribution in [0.15, 0.2) is 45.3 Å². The van der Waals surface area contributed by atoms with Crippen molar-refractivity contribution in [2.45, 2.75) is 13.8 Å². The Kier molecular flexibility index (Phi) is 4.07. The summed E-state index contributed by atoms with van der Waals surface area (Å²) in [5, 5.41) is 3.34. The lowest BCUT2D eigenvalue weighted by Gasteiger charge is -2.11. The Morgan fingerprint density at radius 3 is 2.77 bits per heavy atom. The largest absolute Gasteiger partial charge is 0.436 e. The molecule has 0 saturated carbocycles. The van der Waals surface area contributed by atoms with Crippen molar-refractivity contribution < 1.29 is 4.42 Å². The number of nitrogens with two attached hydrogens (primary N) is 1. The fraction of sp³-hybridized carbons (Fsp3) is 0.235. The number of anilines is 2. The number of hydrogen-bond donors (Lipinski definition) is 2. The summed E-state index contributed by atoms with van der Waals surface area (Å²) in [4.78, 5) is 4.54. The third-order valence-corrected chi connectivity index (χ3v) is 4.01. The van der Waals surface area contributed by atoms with Crippen molar-refractivity contribution in [2.75, 3.05) is 17.6 Å². The third-order valence-electron chi connectivity index (χ3n) is 3.37. The number of nitrogen functional groups attached to an aromatic ring is 1. The summed E-state index contributed by atoms with van der Waals surface area (Å²) in [6.45, 7) is 5.21. The summed E-state index contributed by atoms with van der Waals surface area (Å²) in [5.74, 6) is 1.14. The molecular weight excluding hydrogens is 342 g/mol. The summed E-state index contributed by atoms with van der Waals surface area (Å²) >= 11 is 3.49. The zero-order valence-corrected chi connectivity index (χ0v) is 14.1. The molecule has 0 radical (unpaired) electrons. The fourth-order valence-electron chi connectivity index (χ4n) is 2.21. The van der Waals surface area contributed by atoms with Crippen LogP contribution < -0.4 is 11.1 Å². The standard InChI is InChI=1S/C17H18BrN3O/c1-10(2)9-20-14-7-6-11(8-13(14)19)17-21-16-12(18)4-3-5-15(16)22-17/h3-8,10,20H,9,19H2,1-2H3. The van der Waals surface area contributed by atoms with Crippen LogP contribution in [-0.2, 0) is 0 Å². The Balaban J connectivity index is 1.93. The molecule has 0 spiro atoms. The van der Waals surface area contributed by atoms with Crippen molar-refractivity contribution in [1.82, 2.24) is 4.98 Å². The van der Waals surface area contributed by atoms with Gasteiger partial charge in [0.1, 0.15) is 5.52 Å². The van der Waals surface area contributed by atoms with Gasteiger partial charge in [-0.3, -0.25) is 0 Å². The average molecular weight is 360 g/mol. The smallest absolute Gasteiger partial charge is 0.227 e. The quantitative estimate of drug-likeness (QED) is 0.649. The minimum absolute atomic E-state index is 0.563. The highest BCUT2D eigenvalue weighted by Crippen LogP contribution is 2.31. The number of benzene rings is 2. The van der Waals surface area contributed by atoms with E-state index in [0.717, 1.165) is 33.4 Å². The van der Waals surface area contributed by atoms with Crippen LogP contribution in [0, 0.1) is 5.92 Å². The van der Waals surface area contributed by atoms with Crippen molar-refractivity contribution in [1.29, 1.82) is 0 Å². The Morgan fingerprint density at radius 1 is 1.27 bits per heavy atom. The van der Waals surface area contributed by atoms with Gasteiger partial charge in [0.2, 0.25) is 5.89 Å². The molecule has 2 aromatic carbocycles. The normalized spacial score (nSPS) is 11.3. The third kappa shape index (κ3) is 2.95. The second-order valence-electron chi connectivity index (χ2n) is 5.68. The number of para-hydroxylation sites is 1. The Hall–Kier alpha value is -2.01. The summed E-state index contributed by atoms with van der Waals surface area (Å²) in [5.41, 5.74) is 10.2. The molecule has 0 fully saturated rings. The van der Waals surface area contributed by atoms with Crippen LogP contribution in [0.25, 0.3) is 22.6 Å². The molecule has 3 aromatic rings. The SMILES string of the molecule is CC(C)CNc1ccc(-c2nc3c(Br)cccc3o2)cc1N. The van der Waals surface area contributed by atoms with Crippen molar-refractivity contribution in [3.8, 4) is 11.5 Å². The maximum Gasteiger partial charge on any atom is 0.227 e. The number of nitrogens with one attached hydrogen (secondary N) is 1. The molecule has 3 N–H and O–H groups in total. The maximum absolute atomic E-state index is 6.13. The predicted octanol–water partition coefficient (Wildman–Crippen LogP) is 4.91. The number of aromatic nitrogens is 1. The van der Waals surface area contributed by atoms with Gasteiger partial charge in [-0.15, -0.1) is 0 Å². The van der Waals surface area contributed by atoms with Crippen LogP contribution in [-0.4, -0.2) is 11.5 Å². The van der Waals surface area contributed by atoms with E-state index in [9.17, 15) is 0 Å². The molecule has 1 heterocycles. The van der Waals surface area contributed by atoms with Crippen molar-refractivity contribution in [2.24, 2.45) is 5.92 Å². The van der Waals surface area contributed by atoms with Crippen LogP contribution in [0.1, 0.15) is 13.8 Å². The highest BCUT2D eigenvalue weighted by atomic mass is 79.9. The number of fused-ring (bicyclic) bond motifs is 1. The van der Waals surface area contributed by atoms with Crippen LogP contribution >= 0.6 is 15.9 Å². The number of hydrogen-bond acceptors (Lipinski definition) is 4. The van der Waals surface area contributed by atoms with E-state index < -0.39 is 0 Å². The summed E-state index contributed by atoms with van der Waals surface area (Å²) in [6.07, 6.45) is 0. The van der Waals surface area contributed by atoms with Gasteiger partial charge < -0.3 is 15.5 Å². The Morgan fingerprint density at radius 2 is 2.09 bits per heavy atom. The Bertz CT molecular complexity index is 811.